The lowest BCUT2D eigenvalue weighted by molar-refractivity contribution is 0.102. The van der Waals surface area contributed by atoms with Gasteiger partial charge in [0.15, 0.2) is 0 Å². The molecule has 3 aromatic rings. The molecule has 0 bridgehead atoms. The molecule has 1 heterocycles. The Balaban J connectivity index is 1.68. The molecule has 2 N–H and O–H groups in total. The number of amides is 1. The van der Waals surface area contributed by atoms with E-state index in [-0.39, 0.29) is 5.91 Å². The van der Waals surface area contributed by atoms with Crippen LogP contribution in [0.15, 0.2) is 73.1 Å². The first-order chi connectivity index (χ1) is 12.3. The molecule has 0 aliphatic carbocycles. The van der Waals surface area contributed by atoms with Crippen molar-refractivity contribution in [3.05, 3.63) is 84.2 Å². The predicted octanol–water partition coefficient (Wildman–Crippen LogP) is 3.95. The predicted molar refractivity (Wildman–Crippen MR) is 99.0 cm³/mol. The van der Waals surface area contributed by atoms with Crippen molar-refractivity contribution in [3.63, 3.8) is 0 Å². The zero-order valence-corrected chi connectivity index (χ0v) is 13.9. The molecule has 5 heteroatoms. The van der Waals surface area contributed by atoms with Crippen LogP contribution in [0.25, 0.3) is 0 Å². The van der Waals surface area contributed by atoms with Crippen LogP contribution in [0.4, 0.5) is 11.4 Å². The number of anilines is 2. The SMILES string of the molecule is COc1ccccc1CNc1cncc(C(=O)Nc2ccccc2)c1. The first kappa shape index (κ1) is 16.5. The number of rotatable bonds is 6. The Labute approximate surface area is 146 Å². The Morgan fingerprint density at radius 2 is 1.76 bits per heavy atom. The van der Waals surface area contributed by atoms with Crippen molar-refractivity contribution in [2.24, 2.45) is 0 Å². The van der Waals surface area contributed by atoms with Crippen LogP contribution in [-0.2, 0) is 6.54 Å². The van der Waals surface area contributed by atoms with Gasteiger partial charge in [-0.3, -0.25) is 9.78 Å². The van der Waals surface area contributed by atoms with E-state index in [9.17, 15) is 4.79 Å². The zero-order chi connectivity index (χ0) is 17.5. The number of aromatic nitrogens is 1. The Bertz CT molecular complexity index is 850. The van der Waals surface area contributed by atoms with Gasteiger partial charge in [0.05, 0.1) is 18.4 Å². The summed E-state index contributed by atoms with van der Waals surface area (Å²) in [6.45, 7) is 0.579. The summed E-state index contributed by atoms with van der Waals surface area (Å²) in [5.74, 6) is 0.626. The molecule has 0 saturated heterocycles. The molecule has 0 spiro atoms. The van der Waals surface area contributed by atoms with Crippen LogP contribution in [0, 0.1) is 0 Å². The van der Waals surface area contributed by atoms with Gasteiger partial charge < -0.3 is 15.4 Å². The van der Waals surface area contributed by atoms with E-state index in [1.165, 1.54) is 0 Å². The Kier molecular flexibility index (Phi) is 5.26. The van der Waals surface area contributed by atoms with Crippen LogP contribution in [0.3, 0.4) is 0 Å². The minimum Gasteiger partial charge on any atom is -0.496 e. The second kappa shape index (κ2) is 7.97. The summed E-state index contributed by atoms with van der Waals surface area (Å²) in [6.07, 6.45) is 3.24. The van der Waals surface area contributed by atoms with Gasteiger partial charge in [-0.25, -0.2) is 0 Å². The van der Waals surface area contributed by atoms with Crippen LogP contribution >= 0.6 is 0 Å². The fourth-order valence-corrected chi connectivity index (χ4v) is 2.43. The van der Waals surface area contributed by atoms with Gasteiger partial charge in [0.1, 0.15) is 5.75 Å². The molecule has 0 radical (unpaired) electrons. The number of hydrogen-bond acceptors (Lipinski definition) is 4. The number of pyridine rings is 1. The number of methoxy groups -OCH3 is 1. The molecule has 0 atom stereocenters. The van der Waals surface area contributed by atoms with Gasteiger partial charge in [-0.05, 0) is 24.3 Å². The van der Waals surface area contributed by atoms with Crippen LogP contribution in [0.2, 0.25) is 0 Å². The quantitative estimate of drug-likeness (QED) is 0.717. The highest BCUT2D eigenvalue weighted by atomic mass is 16.5. The number of ether oxygens (including phenoxy) is 1. The van der Waals surface area contributed by atoms with Crippen molar-refractivity contribution in [2.45, 2.75) is 6.54 Å². The smallest absolute Gasteiger partial charge is 0.257 e. The van der Waals surface area contributed by atoms with Crippen LogP contribution in [-0.4, -0.2) is 18.0 Å². The monoisotopic (exact) mass is 333 g/mol. The molecule has 3 rings (SSSR count). The third-order valence-electron chi connectivity index (χ3n) is 3.71. The summed E-state index contributed by atoms with van der Waals surface area (Å²) in [4.78, 5) is 16.5. The first-order valence-electron chi connectivity index (χ1n) is 7.93. The number of nitrogens with zero attached hydrogens (tertiary/aromatic N) is 1. The normalized spacial score (nSPS) is 10.1. The van der Waals surface area contributed by atoms with Gasteiger partial charge in [0.25, 0.3) is 5.91 Å². The lowest BCUT2D eigenvalue weighted by Gasteiger charge is -2.11. The summed E-state index contributed by atoms with van der Waals surface area (Å²) in [6, 6.07) is 18.9. The molecule has 1 amide bonds. The van der Waals surface area contributed by atoms with Gasteiger partial charge in [-0.1, -0.05) is 36.4 Å². The maximum atomic E-state index is 12.3. The standard InChI is InChI=1S/C20H19N3O2/c1-25-19-10-6-5-7-15(19)13-22-18-11-16(12-21-14-18)20(24)23-17-8-3-2-4-9-17/h2-12,14,22H,13H2,1H3,(H,23,24). The average molecular weight is 333 g/mol. The average Bonchev–Trinajstić information content (AvgIpc) is 2.67. The second-order valence-corrected chi connectivity index (χ2v) is 5.45. The van der Waals surface area contributed by atoms with E-state index < -0.39 is 0 Å². The van der Waals surface area contributed by atoms with E-state index in [2.05, 4.69) is 15.6 Å². The van der Waals surface area contributed by atoms with E-state index in [4.69, 9.17) is 4.74 Å². The lowest BCUT2D eigenvalue weighted by Crippen LogP contribution is -2.12. The van der Waals surface area contributed by atoms with Gasteiger partial charge in [-0.15, -0.1) is 0 Å². The maximum Gasteiger partial charge on any atom is 0.257 e. The Hall–Kier alpha value is -3.34. The molecule has 5 nitrogen and oxygen atoms in total. The largest absolute Gasteiger partial charge is 0.496 e. The molecule has 0 saturated carbocycles. The number of nitrogens with one attached hydrogen (secondary N) is 2. The minimum atomic E-state index is -0.195. The maximum absolute atomic E-state index is 12.3. The number of benzene rings is 2. The molecule has 1 aromatic heterocycles. The Morgan fingerprint density at radius 1 is 1.00 bits per heavy atom. The molecule has 0 unspecified atom stereocenters. The molecule has 126 valence electrons. The zero-order valence-electron chi connectivity index (χ0n) is 13.9. The molecular weight excluding hydrogens is 314 g/mol. The molecule has 0 aliphatic rings. The summed E-state index contributed by atoms with van der Waals surface area (Å²) >= 11 is 0. The third kappa shape index (κ3) is 4.35. The molecule has 0 fully saturated rings. The molecule has 0 aliphatic heterocycles. The van der Waals surface area contributed by atoms with Crippen LogP contribution in [0.5, 0.6) is 5.75 Å². The van der Waals surface area contributed by atoms with E-state index in [0.717, 1.165) is 22.7 Å². The van der Waals surface area contributed by atoms with Crippen LogP contribution in [0.1, 0.15) is 15.9 Å². The number of hydrogen-bond donors (Lipinski definition) is 2. The highest BCUT2D eigenvalue weighted by Gasteiger charge is 2.08. The second-order valence-electron chi connectivity index (χ2n) is 5.45. The van der Waals surface area contributed by atoms with Gasteiger partial charge >= 0.3 is 0 Å². The van der Waals surface area contributed by atoms with Gasteiger partial charge in [-0.2, -0.15) is 0 Å². The van der Waals surface area contributed by atoms with E-state index in [0.29, 0.717) is 12.1 Å². The fraction of sp³-hybridized carbons (Fsp3) is 0.100. The third-order valence-corrected chi connectivity index (χ3v) is 3.71. The fourth-order valence-electron chi connectivity index (χ4n) is 2.43. The van der Waals surface area contributed by atoms with Crippen molar-refractivity contribution in [1.82, 2.24) is 4.98 Å². The summed E-state index contributed by atoms with van der Waals surface area (Å²) in [7, 11) is 1.65. The van der Waals surface area contributed by atoms with Crippen molar-refractivity contribution in [2.75, 3.05) is 17.7 Å². The van der Waals surface area contributed by atoms with Gasteiger partial charge in [0.2, 0.25) is 0 Å². The highest BCUT2D eigenvalue weighted by Crippen LogP contribution is 2.19. The summed E-state index contributed by atoms with van der Waals surface area (Å²) in [5, 5.41) is 6.12. The van der Waals surface area contributed by atoms with Gasteiger partial charge in [0, 0.05) is 30.2 Å². The van der Waals surface area contributed by atoms with E-state index in [1.807, 2.05) is 54.6 Å². The highest BCUT2D eigenvalue weighted by molar-refractivity contribution is 6.04. The number of para-hydroxylation sites is 2. The topological polar surface area (TPSA) is 63.2 Å². The van der Waals surface area contributed by atoms with Crippen molar-refractivity contribution in [1.29, 1.82) is 0 Å². The molecule has 25 heavy (non-hydrogen) atoms. The molecular formula is C20H19N3O2. The molecule has 2 aromatic carbocycles. The van der Waals surface area contributed by atoms with E-state index >= 15 is 0 Å². The number of carbonyl (C=O) groups is 1. The van der Waals surface area contributed by atoms with Crippen molar-refractivity contribution < 1.29 is 9.53 Å². The Morgan fingerprint density at radius 3 is 2.56 bits per heavy atom. The van der Waals surface area contributed by atoms with Crippen LogP contribution < -0.4 is 15.4 Å². The van der Waals surface area contributed by atoms with E-state index in [1.54, 1.807) is 25.6 Å². The minimum absolute atomic E-state index is 0.195. The number of carbonyl (C=O) groups excluding carboxylic acids is 1. The van der Waals surface area contributed by atoms with Crippen molar-refractivity contribution in [3.8, 4) is 5.75 Å². The lowest BCUT2D eigenvalue weighted by atomic mass is 10.2. The van der Waals surface area contributed by atoms with Crippen molar-refractivity contribution >= 4 is 17.3 Å². The summed E-state index contributed by atoms with van der Waals surface area (Å²) in [5.41, 5.74) is 3.05. The first-order valence-corrected chi connectivity index (χ1v) is 7.93. The summed E-state index contributed by atoms with van der Waals surface area (Å²) < 4.78 is 5.34.